The van der Waals surface area contributed by atoms with Gasteiger partial charge >= 0.3 is 6.18 Å². The van der Waals surface area contributed by atoms with Gasteiger partial charge in [0, 0.05) is 24.7 Å². The summed E-state index contributed by atoms with van der Waals surface area (Å²) in [5.41, 5.74) is -0.492. The molecule has 1 unspecified atom stereocenters. The van der Waals surface area contributed by atoms with Gasteiger partial charge in [-0.05, 0) is 55.5 Å². The van der Waals surface area contributed by atoms with Crippen molar-refractivity contribution in [3.63, 3.8) is 0 Å². The molecule has 0 radical (unpaired) electrons. The van der Waals surface area contributed by atoms with Crippen LogP contribution in [0, 0.1) is 11.8 Å². The standard InChI is InChI=1S/C18H21F3N2O/c1-2-12-11-23-8-7-14(12)9-16(23)10-22-17(24)13-3-5-15(6-4-13)18(19,20)21/h2-6,12,14,16H,1,7-11H2,(H,22,24)/t12-,14+,16-/m1/s1. The number of fused-ring (bicyclic) bond motifs is 3. The lowest BCUT2D eigenvalue weighted by atomic mass is 9.75. The Labute approximate surface area is 139 Å². The minimum absolute atomic E-state index is 0.253. The van der Waals surface area contributed by atoms with Crippen molar-refractivity contribution in [2.24, 2.45) is 11.8 Å². The van der Waals surface area contributed by atoms with Gasteiger partial charge < -0.3 is 5.32 Å². The van der Waals surface area contributed by atoms with Crippen LogP contribution < -0.4 is 5.32 Å². The average molecular weight is 338 g/mol. The van der Waals surface area contributed by atoms with Crippen LogP contribution in [0.15, 0.2) is 36.9 Å². The molecule has 3 nitrogen and oxygen atoms in total. The van der Waals surface area contributed by atoms with E-state index >= 15 is 0 Å². The molecule has 1 aromatic carbocycles. The predicted octanol–water partition coefficient (Wildman–Crippen LogP) is 3.33. The highest BCUT2D eigenvalue weighted by atomic mass is 19.4. The Morgan fingerprint density at radius 1 is 1.33 bits per heavy atom. The molecule has 3 fully saturated rings. The number of nitrogens with one attached hydrogen (secondary N) is 1. The molecule has 3 saturated heterocycles. The van der Waals surface area contributed by atoms with Crippen LogP contribution in [0.4, 0.5) is 13.2 Å². The normalized spacial score (nSPS) is 29.3. The third-order valence-corrected chi connectivity index (χ3v) is 5.20. The fourth-order valence-electron chi connectivity index (χ4n) is 3.78. The van der Waals surface area contributed by atoms with Gasteiger partial charge in [0.25, 0.3) is 5.91 Å². The molecule has 2 bridgehead atoms. The minimum Gasteiger partial charge on any atom is -0.350 e. The van der Waals surface area contributed by atoms with Gasteiger partial charge in [0.2, 0.25) is 0 Å². The Balaban J connectivity index is 1.56. The molecule has 4 rings (SSSR count). The van der Waals surface area contributed by atoms with E-state index in [-0.39, 0.29) is 11.5 Å². The van der Waals surface area contributed by atoms with Gasteiger partial charge in [-0.2, -0.15) is 13.2 Å². The van der Waals surface area contributed by atoms with Crippen LogP contribution in [0.25, 0.3) is 0 Å². The summed E-state index contributed by atoms with van der Waals surface area (Å²) in [5.74, 6) is 0.827. The zero-order chi connectivity index (χ0) is 17.3. The maximum absolute atomic E-state index is 12.5. The van der Waals surface area contributed by atoms with Crippen molar-refractivity contribution in [3.8, 4) is 0 Å². The molecule has 1 N–H and O–H groups in total. The summed E-state index contributed by atoms with van der Waals surface area (Å²) < 4.78 is 37.6. The number of carbonyl (C=O) groups excluding carboxylic acids is 1. The van der Waals surface area contributed by atoms with Crippen LogP contribution in [0.3, 0.4) is 0 Å². The second-order valence-electron chi connectivity index (χ2n) is 6.62. The van der Waals surface area contributed by atoms with Gasteiger partial charge in [-0.15, -0.1) is 6.58 Å². The minimum atomic E-state index is -4.38. The molecule has 24 heavy (non-hydrogen) atoms. The van der Waals surface area contributed by atoms with E-state index in [4.69, 9.17) is 0 Å². The highest BCUT2D eigenvalue weighted by Gasteiger charge is 2.38. The monoisotopic (exact) mass is 338 g/mol. The first-order valence-electron chi connectivity index (χ1n) is 8.20. The van der Waals surface area contributed by atoms with Crippen LogP contribution in [0.1, 0.15) is 28.8 Å². The van der Waals surface area contributed by atoms with Gasteiger partial charge in [-0.25, -0.2) is 0 Å². The molecule has 130 valence electrons. The molecular formula is C18H21F3N2O. The number of nitrogens with zero attached hydrogens (tertiary/aromatic N) is 1. The Bertz CT molecular complexity index is 612. The molecule has 0 aliphatic carbocycles. The first-order chi connectivity index (χ1) is 11.4. The quantitative estimate of drug-likeness (QED) is 0.854. The number of hydrogen-bond donors (Lipinski definition) is 1. The van der Waals surface area contributed by atoms with Crippen molar-refractivity contribution >= 4 is 5.91 Å². The van der Waals surface area contributed by atoms with E-state index < -0.39 is 11.7 Å². The summed E-state index contributed by atoms with van der Waals surface area (Å²) in [6.45, 7) is 6.44. The van der Waals surface area contributed by atoms with E-state index in [1.807, 2.05) is 6.08 Å². The summed E-state index contributed by atoms with van der Waals surface area (Å²) in [4.78, 5) is 14.5. The summed E-state index contributed by atoms with van der Waals surface area (Å²) in [6, 6.07) is 4.63. The van der Waals surface area contributed by atoms with E-state index in [1.165, 1.54) is 18.6 Å². The predicted molar refractivity (Wildman–Crippen MR) is 85.5 cm³/mol. The van der Waals surface area contributed by atoms with Crippen LogP contribution in [0.2, 0.25) is 0 Å². The fraction of sp³-hybridized carbons (Fsp3) is 0.500. The molecule has 0 saturated carbocycles. The molecule has 4 atom stereocenters. The van der Waals surface area contributed by atoms with E-state index in [1.54, 1.807) is 0 Å². The Morgan fingerprint density at radius 2 is 2.04 bits per heavy atom. The molecule has 6 heteroatoms. The SMILES string of the molecule is C=C[C@@H]1CN2CC[C@H]1C[C@@H]2CNC(=O)c1ccc(C(F)(F)F)cc1. The van der Waals surface area contributed by atoms with Crippen molar-refractivity contribution in [2.45, 2.75) is 25.1 Å². The zero-order valence-corrected chi connectivity index (χ0v) is 13.4. The lowest BCUT2D eigenvalue weighted by Gasteiger charge is -2.49. The lowest BCUT2D eigenvalue weighted by molar-refractivity contribution is -0.137. The summed E-state index contributed by atoms with van der Waals surface area (Å²) in [5, 5.41) is 2.86. The van der Waals surface area contributed by atoms with Crippen molar-refractivity contribution in [2.75, 3.05) is 19.6 Å². The Morgan fingerprint density at radius 3 is 2.58 bits per heavy atom. The zero-order valence-electron chi connectivity index (χ0n) is 13.4. The van der Waals surface area contributed by atoms with Crippen LogP contribution in [-0.2, 0) is 6.18 Å². The van der Waals surface area contributed by atoms with Crippen LogP contribution in [0.5, 0.6) is 0 Å². The summed E-state index contributed by atoms with van der Waals surface area (Å²) in [7, 11) is 0. The summed E-state index contributed by atoms with van der Waals surface area (Å²) >= 11 is 0. The smallest absolute Gasteiger partial charge is 0.350 e. The van der Waals surface area contributed by atoms with Crippen molar-refractivity contribution in [3.05, 3.63) is 48.0 Å². The number of carbonyl (C=O) groups is 1. The first-order valence-corrected chi connectivity index (χ1v) is 8.20. The molecule has 3 aliphatic rings. The molecule has 0 spiro atoms. The molecule has 1 aromatic rings. The van der Waals surface area contributed by atoms with E-state index in [0.29, 0.717) is 24.4 Å². The number of halogens is 3. The third-order valence-electron chi connectivity index (χ3n) is 5.20. The number of rotatable bonds is 4. The number of alkyl halides is 3. The van der Waals surface area contributed by atoms with E-state index in [2.05, 4.69) is 16.8 Å². The topological polar surface area (TPSA) is 32.3 Å². The molecule has 3 aliphatic heterocycles. The lowest BCUT2D eigenvalue weighted by Crippen LogP contribution is -2.56. The highest BCUT2D eigenvalue weighted by molar-refractivity contribution is 5.94. The molecule has 0 aromatic heterocycles. The largest absolute Gasteiger partial charge is 0.416 e. The highest BCUT2D eigenvalue weighted by Crippen LogP contribution is 2.36. The average Bonchev–Trinajstić information content (AvgIpc) is 2.59. The molecular weight excluding hydrogens is 317 g/mol. The van der Waals surface area contributed by atoms with E-state index in [0.717, 1.165) is 31.6 Å². The van der Waals surface area contributed by atoms with Crippen molar-refractivity contribution in [1.82, 2.24) is 10.2 Å². The summed E-state index contributed by atoms with van der Waals surface area (Å²) in [6.07, 6.45) is -0.164. The van der Waals surface area contributed by atoms with Gasteiger partial charge in [0.1, 0.15) is 0 Å². The van der Waals surface area contributed by atoms with Crippen LogP contribution >= 0.6 is 0 Å². The second kappa shape index (κ2) is 6.59. The third kappa shape index (κ3) is 3.48. The fourth-order valence-corrected chi connectivity index (χ4v) is 3.78. The molecule has 3 heterocycles. The maximum atomic E-state index is 12.5. The first kappa shape index (κ1) is 17.0. The second-order valence-corrected chi connectivity index (χ2v) is 6.62. The number of benzene rings is 1. The number of amides is 1. The van der Waals surface area contributed by atoms with Gasteiger partial charge in [0.15, 0.2) is 0 Å². The van der Waals surface area contributed by atoms with Gasteiger partial charge in [-0.3, -0.25) is 9.69 Å². The van der Waals surface area contributed by atoms with Crippen LogP contribution in [-0.4, -0.2) is 36.5 Å². The van der Waals surface area contributed by atoms with Gasteiger partial charge in [-0.1, -0.05) is 6.08 Å². The Kier molecular flexibility index (Phi) is 4.67. The van der Waals surface area contributed by atoms with Crippen molar-refractivity contribution in [1.29, 1.82) is 0 Å². The molecule has 1 amide bonds. The Hall–Kier alpha value is -1.82. The number of hydrogen-bond acceptors (Lipinski definition) is 2. The van der Waals surface area contributed by atoms with Crippen molar-refractivity contribution < 1.29 is 18.0 Å². The van der Waals surface area contributed by atoms with E-state index in [9.17, 15) is 18.0 Å². The maximum Gasteiger partial charge on any atom is 0.416 e. The van der Waals surface area contributed by atoms with Gasteiger partial charge in [0.05, 0.1) is 5.56 Å². The number of piperidine rings is 3.